The van der Waals surface area contributed by atoms with Crippen molar-refractivity contribution in [2.75, 3.05) is 13.2 Å². The van der Waals surface area contributed by atoms with Gasteiger partial charge in [-0.15, -0.1) is 0 Å². The van der Waals surface area contributed by atoms with Crippen molar-refractivity contribution in [3.63, 3.8) is 0 Å². The molecule has 0 saturated heterocycles. The third kappa shape index (κ3) is 2.51. The van der Waals surface area contributed by atoms with Crippen LogP contribution in [0.4, 0.5) is 5.82 Å². The van der Waals surface area contributed by atoms with E-state index >= 15 is 0 Å². The molecule has 1 heterocycles. The van der Waals surface area contributed by atoms with E-state index in [4.69, 9.17) is 4.74 Å². The van der Waals surface area contributed by atoms with E-state index in [-0.39, 0.29) is 5.82 Å². The maximum Gasteiger partial charge on any atom is 0.342 e. The van der Waals surface area contributed by atoms with Gasteiger partial charge in [-0.2, -0.15) is 0 Å². The fourth-order valence-electron chi connectivity index (χ4n) is 0.945. The average molecular weight is 185 g/mol. The Balaban J connectivity index is 2.55. The van der Waals surface area contributed by atoms with Gasteiger partial charge in [0, 0.05) is 6.61 Å². The molecule has 0 saturated carbocycles. The van der Waals surface area contributed by atoms with Crippen LogP contribution in [0.5, 0.6) is 0 Å². The minimum Gasteiger partial charge on any atom is -0.378 e. The maximum absolute atomic E-state index is 10.4. The monoisotopic (exact) mass is 185 g/mol. The Labute approximate surface area is 75.3 Å². The van der Waals surface area contributed by atoms with Crippen molar-refractivity contribution in [1.82, 2.24) is 9.55 Å². The van der Waals surface area contributed by atoms with Gasteiger partial charge >= 0.3 is 5.82 Å². The van der Waals surface area contributed by atoms with Crippen LogP contribution in [0.2, 0.25) is 0 Å². The third-order valence-corrected chi connectivity index (χ3v) is 1.56. The molecule has 0 N–H and O–H groups in total. The zero-order chi connectivity index (χ0) is 9.68. The normalized spacial score (nSPS) is 10.2. The predicted octanol–water partition coefficient (Wildman–Crippen LogP) is 0.828. The Morgan fingerprint density at radius 2 is 2.54 bits per heavy atom. The van der Waals surface area contributed by atoms with Gasteiger partial charge in [-0.25, -0.2) is 9.55 Å². The number of nitrogens with zero attached hydrogens (tertiary/aromatic N) is 3. The van der Waals surface area contributed by atoms with E-state index in [1.54, 1.807) is 0 Å². The molecular weight excluding hydrogens is 174 g/mol. The summed E-state index contributed by atoms with van der Waals surface area (Å²) in [6, 6.07) is 0. The molecule has 0 spiro atoms. The summed E-state index contributed by atoms with van der Waals surface area (Å²) in [6.45, 7) is 3.42. The first-order valence-electron chi connectivity index (χ1n) is 3.98. The molecule has 0 aliphatic rings. The Morgan fingerprint density at radius 1 is 1.77 bits per heavy atom. The summed E-state index contributed by atoms with van der Waals surface area (Å²) in [4.78, 5) is 13.6. The van der Waals surface area contributed by atoms with E-state index in [9.17, 15) is 10.1 Å². The highest BCUT2D eigenvalue weighted by Gasteiger charge is 2.11. The molecule has 6 nitrogen and oxygen atoms in total. The second-order valence-corrected chi connectivity index (χ2v) is 2.40. The highest BCUT2D eigenvalue weighted by molar-refractivity contribution is 5.14. The molecule has 13 heavy (non-hydrogen) atoms. The van der Waals surface area contributed by atoms with Gasteiger partial charge in [-0.05, 0) is 11.8 Å². The van der Waals surface area contributed by atoms with E-state index in [2.05, 4.69) is 4.98 Å². The lowest BCUT2D eigenvalue weighted by Gasteiger charge is -2.00. The van der Waals surface area contributed by atoms with Crippen LogP contribution in [0.15, 0.2) is 12.5 Å². The van der Waals surface area contributed by atoms with E-state index < -0.39 is 4.92 Å². The van der Waals surface area contributed by atoms with E-state index in [1.165, 1.54) is 17.1 Å². The molecule has 0 aliphatic heterocycles. The van der Waals surface area contributed by atoms with Gasteiger partial charge in [0.25, 0.3) is 0 Å². The quantitative estimate of drug-likeness (QED) is 0.387. The molecule has 0 radical (unpaired) electrons. The van der Waals surface area contributed by atoms with Gasteiger partial charge in [0.2, 0.25) is 0 Å². The van der Waals surface area contributed by atoms with Crippen LogP contribution in [-0.4, -0.2) is 27.7 Å². The highest BCUT2D eigenvalue weighted by Crippen LogP contribution is 2.08. The molecular formula is C7H11N3O3. The topological polar surface area (TPSA) is 70.2 Å². The summed E-state index contributed by atoms with van der Waals surface area (Å²) in [5, 5.41) is 10.4. The summed E-state index contributed by atoms with van der Waals surface area (Å²) in [5.74, 6) is -0.000275. The molecule has 0 bridgehead atoms. The summed E-state index contributed by atoms with van der Waals surface area (Å²) in [6.07, 6.45) is 2.66. The van der Waals surface area contributed by atoms with Gasteiger partial charge < -0.3 is 14.9 Å². The Kier molecular flexibility index (Phi) is 3.39. The second kappa shape index (κ2) is 4.56. The number of aromatic nitrogens is 2. The molecule has 6 heteroatoms. The molecule has 0 aromatic carbocycles. The second-order valence-electron chi connectivity index (χ2n) is 2.40. The van der Waals surface area contributed by atoms with Crippen molar-refractivity contribution >= 4 is 5.82 Å². The summed E-state index contributed by atoms with van der Waals surface area (Å²) >= 11 is 0. The smallest absolute Gasteiger partial charge is 0.342 e. The SMILES string of the molecule is CCOCCn1cncc1[N+](=O)[O-]. The first-order chi connectivity index (χ1) is 6.25. The molecule has 0 aliphatic carbocycles. The Bertz CT molecular complexity index is 284. The van der Waals surface area contributed by atoms with Crippen molar-refractivity contribution in [3.8, 4) is 0 Å². The summed E-state index contributed by atoms with van der Waals surface area (Å²) in [7, 11) is 0. The fraction of sp³-hybridized carbons (Fsp3) is 0.571. The molecule has 0 unspecified atom stereocenters. The van der Waals surface area contributed by atoms with Crippen LogP contribution in [0.3, 0.4) is 0 Å². The zero-order valence-electron chi connectivity index (χ0n) is 7.34. The highest BCUT2D eigenvalue weighted by atomic mass is 16.6. The van der Waals surface area contributed by atoms with Crippen molar-refractivity contribution < 1.29 is 9.66 Å². The van der Waals surface area contributed by atoms with E-state index in [0.29, 0.717) is 19.8 Å². The minimum atomic E-state index is -0.459. The molecule has 72 valence electrons. The Hall–Kier alpha value is -1.43. The van der Waals surface area contributed by atoms with Crippen LogP contribution in [-0.2, 0) is 11.3 Å². The number of hydrogen-bond donors (Lipinski definition) is 0. The van der Waals surface area contributed by atoms with Crippen LogP contribution < -0.4 is 0 Å². The Morgan fingerprint density at radius 3 is 3.15 bits per heavy atom. The van der Waals surface area contributed by atoms with Gasteiger partial charge in [0.1, 0.15) is 12.7 Å². The molecule has 0 fully saturated rings. The third-order valence-electron chi connectivity index (χ3n) is 1.56. The van der Waals surface area contributed by atoms with Crippen LogP contribution in [0.1, 0.15) is 6.92 Å². The standard InChI is InChI=1S/C7H11N3O3/c1-2-13-4-3-9-6-8-5-7(9)10(11)12/h5-6H,2-4H2,1H3. The fourth-order valence-corrected chi connectivity index (χ4v) is 0.945. The first kappa shape index (κ1) is 9.66. The molecule has 1 aromatic rings. The first-order valence-corrected chi connectivity index (χ1v) is 3.98. The largest absolute Gasteiger partial charge is 0.378 e. The van der Waals surface area contributed by atoms with Crippen molar-refractivity contribution in [2.24, 2.45) is 0 Å². The van der Waals surface area contributed by atoms with Gasteiger partial charge in [0.05, 0.1) is 6.61 Å². The van der Waals surface area contributed by atoms with Gasteiger partial charge in [-0.1, -0.05) is 0 Å². The van der Waals surface area contributed by atoms with Crippen LogP contribution >= 0.6 is 0 Å². The van der Waals surface area contributed by atoms with Crippen molar-refractivity contribution in [2.45, 2.75) is 13.5 Å². The lowest BCUT2D eigenvalue weighted by Crippen LogP contribution is -2.07. The average Bonchev–Trinajstić information content (AvgIpc) is 2.53. The molecule has 1 aromatic heterocycles. The number of nitro groups is 1. The summed E-state index contributed by atoms with van der Waals surface area (Å²) in [5.41, 5.74) is 0. The summed E-state index contributed by atoms with van der Waals surface area (Å²) < 4.78 is 6.52. The predicted molar refractivity (Wildman–Crippen MR) is 45.4 cm³/mol. The van der Waals surface area contributed by atoms with Gasteiger partial charge in [-0.3, -0.25) is 0 Å². The van der Waals surface area contributed by atoms with Gasteiger partial charge in [0.15, 0.2) is 6.33 Å². The molecule has 0 amide bonds. The number of ether oxygens (including phenoxy) is 1. The maximum atomic E-state index is 10.4. The number of imidazole rings is 1. The van der Waals surface area contributed by atoms with Crippen molar-refractivity contribution in [1.29, 1.82) is 0 Å². The zero-order valence-corrected chi connectivity index (χ0v) is 7.34. The molecule has 1 rings (SSSR count). The van der Waals surface area contributed by atoms with E-state index in [1.807, 2.05) is 6.92 Å². The number of rotatable bonds is 5. The van der Waals surface area contributed by atoms with Crippen LogP contribution in [0, 0.1) is 10.1 Å². The number of hydrogen-bond acceptors (Lipinski definition) is 4. The molecule has 0 atom stereocenters. The lowest BCUT2D eigenvalue weighted by molar-refractivity contribution is -0.392. The van der Waals surface area contributed by atoms with Crippen molar-refractivity contribution in [3.05, 3.63) is 22.6 Å². The lowest BCUT2D eigenvalue weighted by atomic mass is 10.6. The van der Waals surface area contributed by atoms with E-state index in [0.717, 1.165) is 0 Å². The minimum absolute atomic E-state index is 0.000275. The van der Waals surface area contributed by atoms with Crippen LogP contribution in [0.25, 0.3) is 0 Å².